The number of aromatic amines is 1. The molecule has 0 radical (unpaired) electrons. The number of nitrogens with one attached hydrogen (secondary N) is 3. The number of H-pyrrole nitrogens is 1. The van der Waals surface area contributed by atoms with E-state index in [2.05, 4.69) is 15.6 Å². The van der Waals surface area contributed by atoms with Crippen LogP contribution in [0, 0.1) is 0 Å². The van der Waals surface area contributed by atoms with Gasteiger partial charge in [0, 0.05) is 24.6 Å². The molecule has 1 unspecified atom stereocenters. The number of hydrogen-bond acceptors (Lipinski definition) is 5. The van der Waals surface area contributed by atoms with E-state index in [0.29, 0.717) is 18.9 Å². The third kappa shape index (κ3) is 3.44. The molecule has 1 aromatic heterocycles. The minimum absolute atomic E-state index is 0.286. The Morgan fingerprint density at radius 1 is 1.45 bits per heavy atom. The maximum Gasteiger partial charge on any atom is 0.322 e. The van der Waals surface area contributed by atoms with E-state index in [4.69, 9.17) is 10.1 Å². The number of carboxylic acids is 1. The molecular weight excluding hydrogens is 304 g/mol. The maximum absolute atomic E-state index is 11.9. The normalized spacial score (nSPS) is 24.5. The van der Waals surface area contributed by atoms with Crippen LogP contribution >= 0.6 is 11.8 Å². The Morgan fingerprint density at radius 3 is 3.05 bits per heavy atom. The Hall–Kier alpha value is -1.54. The van der Waals surface area contributed by atoms with Crippen molar-refractivity contribution in [2.45, 2.75) is 37.8 Å². The SMILES string of the molecule is O=C(O)CNC(=O)[C@@H]1Cc2nc(C3CCCSC3)[nH]c2CN1. The summed E-state index contributed by atoms with van der Waals surface area (Å²) in [7, 11) is 0. The van der Waals surface area contributed by atoms with Crippen LogP contribution in [0.3, 0.4) is 0 Å². The van der Waals surface area contributed by atoms with Gasteiger partial charge in [0.2, 0.25) is 5.91 Å². The Kier molecular flexibility index (Phi) is 4.68. The zero-order chi connectivity index (χ0) is 15.5. The van der Waals surface area contributed by atoms with Gasteiger partial charge in [-0.15, -0.1) is 0 Å². The van der Waals surface area contributed by atoms with Gasteiger partial charge >= 0.3 is 5.97 Å². The monoisotopic (exact) mass is 324 g/mol. The minimum atomic E-state index is -1.04. The second-order valence-electron chi connectivity index (χ2n) is 5.71. The molecule has 0 saturated carbocycles. The number of carboxylic acid groups (broad SMARTS) is 1. The summed E-state index contributed by atoms with van der Waals surface area (Å²) in [6, 6.07) is -0.413. The molecule has 1 amide bonds. The van der Waals surface area contributed by atoms with Crippen molar-refractivity contribution in [1.29, 1.82) is 0 Å². The van der Waals surface area contributed by atoms with E-state index in [9.17, 15) is 9.59 Å². The summed E-state index contributed by atoms with van der Waals surface area (Å²) in [6.07, 6.45) is 2.88. The topological polar surface area (TPSA) is 107 Å². The van der Waals surface area contributed by atoms with Crippen LogP contribution in [0.2, 0.25) is 0 Å². The van der Waals surface area contributed by atoms with E-state index in [1.54, 1.807) is 0 Å². The molecule has 0 aromatic carbocycles. The molecule has 1 fully saturated rings. The Labute approximate surface area is 132 Å². The first-order valence-corrected chi connectivity index (χ1v) is 8.67. The van der Waals surface area contributed by atoms with E-state index in [-0.39, 0.29) is 12.5 Å². The minimum Gasteiger partial charge on any atom is -0.480 e. The second-order valence-corrected chi connectivity index (χ2v) is 6.86. The molecule has 8 heteroatoms. The highest BCUT2D eigenvalue weighted by Gasteiger charge is 2.28. The van der Waals surface area contributed by atoms with Gasteiger partial charge in [-0.1, -0.05) is 0 Å². The van der Waals surface area contributed by atoms with Gasteiger partial charge in [-0.05, 0) is 18.6 Å². The van der Waals surface area contributed by atoms with Crippen molar-refractivity contribution in [3.63, 3.8) is 0 Å². The molecule has 1 saturated heterocycles. The molecular formula is C14H20N4O3S. The Bertz CT molecular complexity index is 568. The first-order chi connectivity index (χ1) is 10.6. The fraction of sp³-hybridized carbons (Fsp3) is 0.643. The highest BCUT2D eigenvalue weighted by atomic mass is 32.2. The van der Waals surface area contributed by atoms with Gasteiger partial charge in [0.25, 0.3) is 0 Å². The summed E-state index contributed by atoms with van der Waals surface area (Å²) in [6.45, 7) is 0.211. The number of nitrogens with zero attached hydrogens (tertiary/aromatic N) is 1. The predicted molar refractivity (Wildman–Crippen MR) is 82.9 cm³/mol. The molecule has 2 aliphatic rings. The Morgan fingerprint density at radius 2 is 2.32 bits per heavy atom. The summed E-state index contributed by atoms with van der Waals surface area (Å²) >= 11 is 1.96. The number of carbonyl (C=O) groups is 2. The quantitative estimate of drug-likeness (QED) is 0.632. The number of hydrogen-bond donors (Lipinski definition) is 4. The van der Waals surface area contributed by atoms with Gasteiger partial charge in [-0.3, -0.25) is 14.9 Å². The molecule has 4 N–H and O–H groups in total. The number of thioether (sulfide) groups is 1. The van der Waals surface area contributed by atoms with E-state index >= 15 is 0 Å². The third-order valence-corrected chi connectivity index (χ3v) is 5.30. The van der Waals surface area contributed by atoms with Crippen molar-refractivity contribution >= 4 is 23.6 Å². The molecule has 0 bridgehead atoms. The van der Waals surface area contributed by atoms with Gasteiger partial charge in [0.1, 0.15) is 12.4 Å². The first-order valence-electron chi connectivity index (χ1n) is 7.51. The summed E-state index contributed by atoms with van der Waals surface area (Å²) in [5, 5.41) is 14.2. The zero-order valence-electron chi connectivity index (χ0n) is 12.2. The van der Waals surface area contributed by atoms with E-state index in [0.717, 1.165) is 29.4 Å². The predicted octanol–water partition coefficient (Wildman–Crippen LogP) is 0.235. The smallest absolute Gasteiger partial charge is 0.322 e. The zero-order valence-corrected chi connectivity index (χ0v) is 13.0. The molecule has 2 aliphatic heterocycles. The van der Waals surface area contributed by atoms with Gasteiger partial charge < -0.3 is 15.4 Å². The summed E-state index contributed by atoms with van der Waals surface area (Å²) in [5.41, 5.74) is 1.98. The van der Waals surface area contributed by atoms with Crippen molar-refractivity contribution in [3.8, 4) is 0 Å². The molecule has 0 aliphatic carbocycles. The lowest BCUT2D eigenvalue weighted by Crippen LogP contribution is -2.48. The van der Waals surface area contributed by atoms with Gasteiger partial charge in [0.05, 0.1) is 17.4 Å². The summed E-state index contributed by atoms with van der Waals surface area (Å²) in [4.78, 5) is 30.5. The van der Waals surface area contributed by atoms with Gasteiger partial charge in [0.15, 0.2) is 0 Å². The number of fused-ring (bicyclic) bond motifs is 1. The van der Waals surface area contributed by atoms with Crippen LogP contribution in [0.4, 0.5) is 0 Å². The standard InChI is InChI=1S/C14H20N4O3S/c19-12(20)6-16-14(21)10-4-9-11(5-15-10)18-13(17-9)8-2-1-3-22-7-8/h8,10,15H,1-7H2,(H,16,21)(H,17,18)(H,19,20)/t8?,10-/m0/s1. The fourth-order valence-corrected chi connectivity index (χ4v) is 4.04. The van der Waals surface area contributed by atoms with E-state index in [1.165, 1.54) is 12.2 Å². The van der Waals surface area contributed by atoms with Crippen molar-refractivity contribution in [2.24, 2.45) is 0 Å². The maximum atomic E-state index is 11.9. The number of aliphatic carboxylic acids is 1. The molecule has 0 spiro atoms. The van der Waals surface area contributed by atoms with Crippen molar-refractivity contribution in [3.05, 3.63) is 17.2 Å². The molecule has 3 rings (SSSR count). The summed E-state index contributed by atoms with van der Waals surface area (Å²) in [5.74, 6) is 2.51. The third-order valence-electron chi connectivity index (χ3n) is 4.08. The van der Waals surface area contributed by atoms with Crippen LogP contribution in [0.15, 0.2) is 0 Å². The van der Waals surface area contributed by atoms with Crippen LogP contribution < -0.4 is 10.6 Å². The molecule has 22 heavy (non-hydrogen) atoms. The van der Waals surface area contributed by atoms with Crippen LogP contribution in [0.1, 0.15) is 36.0 Å². The molecule has 3 heterocycles. The van der Waals surface area contributed by atoms with Crippen molar-refractivity contribution in [1.82, 2.24) is 20.6 Å². The number of aromatic nitrogens is 2. The number of rotatable bonds is 4. The summed E-state index contributed by atoms with van der Waals surface area (Å²) < 4.78 is 0. The molecule has 120 valence electrons. The lowest BCUT2D eigenvalue weighted by Gasteiger charge is -2.21. The van der Waals surface area contributed by atoms with Crippen LogP contribution in [-0.2, 0) is 22.6 Å². The van der Waals surface area contributed by atoms with Gasteiger partial charge in [-0.2, -0.15) is 11.8 Å². The van der Waals surface area contributed by atoms with Crippen LogP contribution in [-0.4, -0.2) is 51.0 Å². The van der Waals surface area contributed by atoms with Crippen molar-refractivity contribution < 1.29 is 14.7 Å². The highest BCUT2D eigenvalue weighted by molar-refractivity contribution is 7.99. The Balaban J connectivity index is 1.64. The second kappa shape index (κ2) is 6.70. The van der Waals surface area contributed by atoms with Gasteiger partial charge in [-0.25, -0.2) is 4.98 Å². The largest absolute Gasteiger partial charge is 0.480 e. The molecule has 7 nitrogen and oxygen atoms in total. The van der Waals surface area contributed by atoms with Crippen molar-refractivity contribution in [2.75, 3.05) is 18.1 Å². The highest BCUT2D eigenvalue weighted by Crippen LogP contribution is 2.30. The lowest BCUT2D eigenvalue weighted by molar-refractivity contribution is -0.138. The van der Waals surface area contributed by atoms with Crippen LogP contribution in [0.25, 0.3) is 0 Å². The fourth-order valence-electron chi connectivity index (χ4n) is 2.89. The number of carbonyl (C=O) groups excluding carboxylic acids is 1. The first kappa shape index (κ1) is 15.4. The molecule has 1 aromatic rings. The average molecular weight is 324 g/mol. The number of amides is 1. The lowest BCUT2D eigenvalue weighted by atomic mass is 10.0. The van der Waals surface area contributed by atoms with E-state index in [1.807, 2.05) is 11.8 Å². The average Bonchev–Trinajstić information content (AvgIpc) is 2.96. The van der Waals surface area contributed by atoms with Crippen LogP contribution in [0.5, 0.6) is 0 Å². The van der Waals surface area contributed by atoms with E-state index < -0.39 is 12.0 Å². The molecule has 2 atom stereocenters. The number of imidazole rings is 1.